The Bertz CT molecular complexity index is 614. The zero-order valence-corrected chi connectivity index (χ0v) is 12.2. The number of aliphatic imine (C=N–C) groups is 1. The van der Waals surface area contributed by atoms with Crippen LogP contribution in [0.15, 0.2) is 29.4 Å². The molecule has 0 saturated carbocycles. The van der Waals surface area contributed by atoms with Crippen molar-refractivity contribution in [3.05, 3.63) is 35.0 Å². The summed E-state index contributed by atoms with van der Waals surface area (Å²) in [7, 11) is 2.17. The number of likely N-dealkylation sites (N-methyl/N-ethyl adjacent to an activating group) is 1. The molecule has 1 atom stereocenters. The second kappa shape index (κ2) is 4.50. The zero-order chi connectivity index (χ0) is 13.7. The minimum atomic E-state index is 0.240. The molecule has 0 spiro atoms. The Morgan fingerprint density at radius 2 is 2.05 bits per heavy atom. The molecular formula is C15H17ClN4. The summed E-state index contributed by atoms with van der Waals surface area (Å²) in [5.74, 6) is 1.16. The molecule has 3 aliphatic heterocycles. The Kier molecular flexibility index (Phi) is 2.75. The summed E-state index contributed by atoms with van der Waals surface area (Å²) in [6.45, 7) is 4.28. The van der Waals surface area contributed by atoms with E-state index >= 15 is 0 Å². The van der Waals surface area contributed by atoms with Crippen molar-refractivity contribution < 1.29 is 0 Å². The van der Waals surface area contributed by atoms with Crippen molar-refractivity contribution in [1.29, 1.82) is 0 Å². The number of hydrogen-bond donors (Lipinski definition) is 1. The number of amidine groups is 1. The first-order valence-electron chi connectivity index (χ1n) is 7.00. The molecular weight excluding hydrogens is 272 g/mol. The van der Waals surface area contributed by atoms with Crippen molar-refractivity contribution in [2.24, 2.45) is 4.99 Å². The first-order chi connectivity index (χ1) is 9.72. The third-order valence-electron chi connectivity index (χ3n) is 4.31. The maximum absolute atomic E-state index is 6.10. The number of piperazine rings is 1. The van der Waals surface area contributed by atoms with Gasteiger partial charge >= 0.3 is 0 Å². The van der Waals surface area contributed by atoms with Crippen molar-refractivity contribution in [3.8, 4) is 0 Å². The van der Waals surface area contributed by atoms with E-state index in [0.29, 0.717) is 0 Å². The molecule has 20 heavy (non-hydrogen) atoms. The van der Waals surface area contributed by atoms with Gasteiger partial charge in [-0.15, -0.1) is 0 Å². The molecule has 5 heteroatoms. The fraction of sp³-hybridized carbons (Fsp3) is 0.400. The topological polar surface area (TPSA) is 30.9 Å². The molecule has 0 radical (unpaired) electrons. The van der Waals surface area contributed by atoms with Gasteiger partial charge in [0.2, 0.25) is 0 Å². The first kappa shape index (κ1) is 12.2. The van der Waals surface area contributed by atoms with Gasteiger partial charge in [0.25, 0.3) is 0 Å². The van der Waals surface area contributed by atoms with Crippen LogP contribution < -0.4 is 5.32 Å². The molecule has 0 bridgehead atoms. The van der Waals surface area contributed by atoms with E-state index in [1.165, 1.54) is 11.1 Å². The van der Waals surface area contributed by atoms with Gasteiger partial charge in [-0.25, -0.2) is 4.99 Å². The average Bonchev–Trinajstić information content (AvgIpc) is 2.39. The van der Waals surface area contributed by atoms with E-state index in [4.69, 9.17) is 16.6 Å². The standard InChI is InChI=1S/C15H17ClN4/c1-19-4-6-20(7-5-19)15-14-12(9-17-14)11-8-10(16)2-3-13(11)18-15/h2-3,8-9,14,17H,4-7H2,1H3. The van der Waals surface area contributed by atoms with E-state index < -0.39 is 0 Å². The van der Waals surface area contributed by atoms with Gasteiger partial charge in [-0.2, -0.15) is 0 Å². The molecule has 1 fully saturated rings. The second-order valence-electron chi connectivity index (χ2n) is 5.62. The molecule has 3 aliphatic rings. The van der Waals surface area contributed by atoms with Crippen LogP contribution >= 0.6 is 11.6 Å². The quantitative estimate of drug-likeness (QED) is 0.792. The second-order valence-corrected chi connectivity index (χ2v) is 6.06. The maximum Gasteiger partial charge on any atom is 0.132 e. The number of nitrogens with zero attached hydrogens (tertiary/aromatic N) is 3. The third kappa shape index (κ3) is 1.83. The van der Waals surface area contributed by atoms with Crippen molar-refractivity contribution in [1.82, 2.24) is 15.1 Å². The van der Waals surface area contributed by atoms with Gasteiger partial charge in [-0.05, 0) is 25.2 Å². The van der Waals surface area contributed by atoms with Crippen LogP contribution in [0.3, 0.4) is 0 Å². The zero-order valence-electron chi connectivity index (χ0n) is 11.4. The highest BCUT2D eigenvalue weighted by Gasteiger charge is 2.36. The first-order valence-corrected chi connectivity index (χ1v) is 7.38. The lowest BCUT2D eigenvalue weighted by Crippen LogP contribution is -2.56. The largest absolute Gasteiger partial charge is 0.377 e. The third-order valence-corrected chi connectivity index (χ3v) is 4.54. The molecule has 0 amide bonds. The van der Waals surface area contributed by atoms with Gasteiger partial charge in [0.1, 0.15) is 11.9 Å². The van der Waals surface area contributed by atoms with E-state index in [0.717, 1.165) is 42.7 Å². The van der Waals surface area contributed by atoms with E-state index in [1.54, 1.807) is 0 Å². The maximum atomic E-state index is 6.10. The summed E-state index contributed by atoms with van der Waals surface area (Å²) in [6, 6.07) is 6.19. The highest BCUT2D eigenvalue weighted by Crippen LogP contribution is 2.39. The highest BCUT2D eigenvalue weighted by molar-refractivity contribution is 6.31. The van der Waals surface area contributed by atoms with Crippen LogP contribution in [0.4, 0.5) is 5.69 Å². The normalized spacial score (nSPS) is 24.9. The van der Waals surface area contributed by atoms with Crippen molar-refractivity contribution in [2.45, 2.75) is 6.04 Å². The molecule has 104 valence electrons. The Balaban J connectivity index is 1.71. The van der Waals surface area contributed by atoms with Gasteiger partial charge < -0.3 is 15.1 Å². The van der Waals surface area contributed by atoms with Crippen LogP contribution in [0.5, 0.6) is 0 Å². The van der Waals surface area contributed by atoms with Crippen LogP contribution in [0, 0.1) is 0 Å². The van der Waals surface area contributed by atoms with Crippen LogP contribution in [-0.2, 0) is 0 Å². The summed E-state index contributed by atoms with van der Waals surface area (Å²) in [6.07, 6.45) is 2.07. The molecule has 4 nitrogen and oxygen atoms in total. The molecule has 0 aromatic heterocycles. The number of fused-ring (bicyclic) bond motifs is 3. The predicted octanol–water partition coefficient (Wildman–Crippen LogP) is 1.94. The average molecular weight is 289 g/mol. The van der Waals surface area contributed by atoms with E-state index in [1.807, 2.05) is 18.2 Å². The SMILES string of the molecule is CN1CCN(C2=Nc3ccc(Cl)cc3C3=CNC32)CC1. The molecule has 1 saturated heterocycles. The molecule has 1 N–H and O–H groups in total. The lowest BCUT2D eigenvalue weighted by Gasteiger charge is -2.42. The number of hydrogen-bond acceptors (Lipinski definition) is 4. The Labute approximate surface area is 123 Å². The van der Waals surface area contributed by atoms with Gasteiger partial charge in [-0.1, -0.05) is 11.6 Å². The summed E-state index contributed by atoms with van der Waals surface area (Å²) >= 11 is 6.10. The Hall–Kier alpha value is -1.52. The smallest absolute Gasteiger partial charge is 0.132 e. The van der Waals surface area contributed by atoms with Crippen LogP contribution in [-0.4, -0.2) is 54.9 Å². The highest BCUT2D eigenvalue weighted by atomic mass is 35.5. The lowest BCUT2D eigenvalue weighted by molar-refractivity contribution is 0.212. The van der Waals surface area contributed by atoms with Crippen molar-refractivity contribution in [3.63, 3.8) is 0 Å². The molecule has 1 aromatic rings. The van der Waals surface area contributed by atoms with Gasteiger partial charge in [0.05, 0.1) is 5.69 Å². The van der Waals surface area contributed by atoms with Gasteiger partial charge in [-0.3, -0.25) is 0 Å². The van der Waals surface area contributed by atoms with Crippen molar-refractivity contribution in [2.75, 3.05) is 33.2 Å². The van der Waals surface area contributed by atoms with Gasteiger partial charge in [0, 0.05) is 48.5 Å². The van der Waals surface area contributed by atoms with Crippen molar-refractivity contribution >= 4 is 28.7 Å². The minimum absolute atomic E-state index is 0.240. The van der Waals surface area contributed by atoms with Gasteiger partial charge in [0.15, 0.2) is 0 Å². The van der Waals surface area contributed by atoms with Crippen LogP contribution in [0.1, 0.15) is 5.56 Å². The van der Waals surface area contributed by atoms with Crippen LogP contribution in [0.25, 0.3) is 5.57 Å². The number of halogens is 1. The van der Waals surface area contributed by atoms with E-state index in [-0.39, 0.29) is 6.04 Å². The molecule has 1 aromatic carbocycles. The summed E-state index contributed by atoms with van der Waals surface area (Å²) in [5.41, 5.74) is 3.51. The number of benzene rings is 1. The number of nitrogens with one attached hydrogen (secondary N) is 1. The Morgan fingerprint density at radius 3 is 2.75 bits per heavy atom. The predicted molar refractivity (Wildman–Crippen MR) is 82.5 cm³/mol. The van der Waals surface area contributed by atoms with E-state index in [2.05, 4.69) is 28.4 Å². The fourth-order valence-electron chi connectivity index (χ4n) is 3.01. The molecule has 3 heterocycles. The molecule has 0 aliphatic carbocycles. The molecule has 4 rings (SSSR count). The minimum Gasteiger partial charge on any atom is -0.377 e. The fourth-order valence-corrected chi connectivity index (χ4v) is 3.18. The Morgan fingerprint density at radius 1 is 1.25 bits per heavy atom. The van der Waals surface area contributed by atoms with Crippen LogP contribution in [0.2, 0.25) is 5.02 Å². The monoisotopic (exact) mass is 288 g/mol. The summed E-state index contributed by atoms with van der Waals surface area (Å²) in [5, 5.41) is 4.15. The number of rotatable bonds is 0. The molecule has 1 unspecified atom stereocenters. The lowest BCUT2D eigenvalue weighted by atomic mass is 9.89. The summed E-state index contributed by atoms with van der Waals surface area (Å²) in [4.78, 5) is 9.64. The summed E-state index contributed by atoms with van der Waals surface area (Å²) < 4.78 is 0. The van der Waals surface area contributed by atoms with E-state index in [9.17, 15) is 0 Å².